The van der Waals surface area contributed by atoms with Gasteiger partial charge in [0.15, 0.2) is 0 Å². The number of aromatic hydroxyl groups is 1. The van der Waals surface area contributed by atoms with Crippen LogP contribution in [0.1, 0.15) is 49.4 Å². The lowest BCUT2D eigenvalue weighted by atomic mass is 9.99. The molecule has 2 heterocycles. The summed E-state index contributed by atoms with van der Waals surface area (Å²) in [4.78, 5) is 28.0. The number of aryl methyl sites for hydroxylation is 2. The molecule has 3 N–H and O–H groups in total. The Balaban J connectivity index is 1.96. The van der Waals surface area contributed by atoms with Crippen molar-refractivity contribution in [3.8, 4) is 5.88 Å². The van der Waals surface area contributed by atoms with Gasteiger partial charge >= 0.3 is 0 Å². The van der Waals surface area contributed by atoms with Crippen molar-refractivity contribution in [1.29, 1.82) is 0 Å². The molecule has 0 unspecified atom stereocenters. The van der Waals surface area contributed by atoms with Gasteiger partial charge in [0.25, 0.3) is 5.56 Å². The number of nitrogens with one attached hydrogen (secondary N) is 2. The van der Waals surface area contributed by atoms with Gasteiger partial charge in [0.1, 0.15) is 0 Å². The van der Waals surface area contributed by atoms with Gasteiger partial charge in [0.05, 0.1) is 16.8 Å². The summed E-state index contributed by atoms with van der Waals surface area (Å²) < 4.78 is 0. The van der Waals surface area contributed by atoms with Crippen molar-refractivity contribution in [3.63, 3.8) is 0 Å². The molecule has 7 heteroatoms. The Morgan fingerprint density at radius 3 is 2.69 bits per heavy atom. The summed E-state index contributed by atoms with van der Waals surface area (Å²) in [6, 6.07) is 5.97. The number of aromatic amines is 1. The second-order valence-corrected chi connectivity index (χ2v) is 6.62. The minimum Gasteiger partial charge on any atom is -0.493 e. The zero-order valence-corrected chi connectivity index (χ0v) is 15.4. The van der Waals surface area contributed by atoms with Gasteiger partial charge in [-0.25, -0.2) is 9.97 Å². The second-order valence-electron chi connectivity index (χ2n) is 6.62. The van der Waals surface area contributed by atoms with E-state index in [4.69, 9.17) is 0 Å². The Bertz CT molecular complexity index is 1010. The molecule has 0 saturated heterocycles. The predicted octanol–water partition coefficient (Wildman–Crippen LogP) is 3.68. The summed E-state index contributed by atoms with van der Waals surface area (Å²) in [7, 11) is 0. The monoisotopic (exact) mass is 353 g/mol. The summed E-state index contributed by atoms with van der Waals surface area (Å²) in [5, 5.41) is 14.1. The van der Waals surface area contributed by atoms with Gasteiger partial charge < -0.3 is 5.11 Å². The summed E-state index contributed by atoms with van der Waals surface area (Å²) in [5.41, 5.74) is 2.68. The molecule has 26 heavy (non-hydrogen) atoms. The fourth-order valence-corrected chi connectivity index (χ4v) is 3.11. The zero-order chi connectivity index (χ0) is 18.8. The predicted molar refractivity (Wildman–Crippen MR) is 102 cm³/mol. The van der Waals surface area contributed by atoms with Gasteiger partial charge in [-0.1, -0.05) is 32.4 Å². The van der Waals surface area contributed by atoms with Crippen LogP contribution in [0.25, 0.3) is 10.9 Å². The van der Waals surface area contributed by atoms with Crippen LogP contribution >= 0.6 is 0 Å². The van der Waals surface area contributed by atoms with Gasteiger partial charge in [-0.3, -0.25) is 15.1 Å². The minimum atomic E-state index is -0.352. The van der Waals surface area contributed by atoms with E-state index in [1.165, 1.54) is 0 Å². The quantitative estimate of drug-likeness (QED) is 0.646. The lowest BCUT2D eigenvalue weighted by Gasteiger charge is -2.12. The zero-order valence-electron chi connectivity index (χ0n) is 15.4. The molecule has 1 atom stereocenters. The molecule has 0 spiro atoms. The number of benzene rings is 1. The lowest BCUT2D eigenvalue weighted by molar-refractivity contribution is 0.436. The van der Waals surface area contributed by atoms with Crippen molar-refractivity contribution in [2.75, 3.05) is 5.32 Å². The minimum absolute atomic E-state index is 0.0626. The molecule has 7 nitrogen and oxygen atoms in total. The number of anilines is 2. The van der Waals surface area contributed by atoms with E-state index in [1.807, 2.05) is 45.9 Å². The maximum atomic E-state index is 12.4. The fourth-order valence-electron chi connectivity index (χ4n) is 3.11. The van der Waals surface area contributed by atoms with Gasteiger partial charge in [-0.05, 0) is 37.8 Å². The van der Waals surface area contributed by atoms with Crippen molar-refractivity contribution >= 4 is 22.8 Å². The van der Waals surface area contributed by atoms with E-state index in [0.717, 1.165) is 35.0 Å². The van der Waals surface area contributed by atoms with Gasteiger partial charge in [-0.15, -0.1) is 0 Å². The average molecular weight is 353 g/mol. The van der Waals surface area contributed by atoms with Crippen LogP contribution in [0.3, 0.4) is 0 Å². The maximum absolute atomic E-state index is 12.4. The Kier molecular flexibility index (Phi) is 4.88. The third kappa shape index (κ3) is 3.51. The standard InChI is InChI=1S/C19H23N5O2/c1-5-6-11(3)15-16(25)22-19(23-17(15)26)24-18-20-12(4)13-8-7-10(2)9-14(13)21-18/h7-9,11H,5-6H2,1-4H3,(H3,20,21,22,23,24,25,26)/t11-/m1/s1. The number of nitrogens with zero attached hydrogens (tertiary/aromatic N) is 3. The van der Waals surface area contributed by atoms with Gasteiger partial charge in [-0.2, -0.15) is 4.98 Å². The Labute approximate surface area is 151 Å². The molecule has 0 bridgehead atoms. The van der Waals surface area contributed by atoms with Crippen LogP contribution in [0.15, 0.2) is 23.0 Å². The fraction of sp³-hybridized carbons (Fsp3) is 0.368. The number of hydrogen-bond donors (Lipinski definition) is 3. The molecule has 1 aromatic carbocycles. The highest BCUT2D eigenvalue weighted by atomic mass is 16.3. The normalized spacial score (nSPS) is 12.3. The van der Waals surface area contributed by atoms with Crippen molar-refractivity contribution in [1.82, 2.24) is 19.9 Å². The molecule has 0 amide bonds. The molecule has 0 saturated carbocycles. The largest absolute Gasteiger partial charge is 0.493 e. The van der Waals surface area contributed by atoms with Crippen molar-refractivity contribution in [2.45, 2.75) is 46.5 Å². The Morgan fingerprint density at radius 1 is 1.23 bits per heavy atom. The first-order chi connectivity index (χ1) is 12.4. The molecule has 136 valence electrons. The highest BCUT2D eigenvalue weighted by Crippen LogP contribution is 2.25. The first kappa shape index (κ1) is 17.8. The molecule has 0 aliphatic carbocycles. The number of H-pyrrole nitrogens is 1. The van der Waals surface area contributed by atoms with Crippen molar-refractivity contribution < 1.29 is 5.11 Å². The van der Waals surface area contributed by atoms with E-state index in [-0.39, 0.29) is 23.3 Å². The lowest BCUT2D eigenvalue weighted by Crippen LogP contribution is -2.18. The molecular weight excluding hydrogens is 330 g/mol. The van der Waals surface area contributed by atoms with E-state index in [1.54, 1.807) is 0 Å². The summed E-state index contributed by atoms with van der Waals surface area (Å²) in [6.45, 7) is 7.83. The van der Waals surface area contributed by atoms with E-state index in [0.29, 0.717) is 11.5 Å². The molecular formula is C19H23N5O2. The van der Waals surface area contributed by atoms with E-state index in [2.05, 4.69) is 25.3 Å². The number of rotatable bonds is 5. The Hall–Kier alpha value is -2.96. The summed E-state index contributed by atoms with van der Waals surface area (Å²) >= 11 is 0. The first-order valence-corrected chi connectivity index (χ1v) is 8.74. The average Bonchev–Trinajstić information content (AvgIpc) is 2.53. The highest BCUT2D eigenvalue weighted by Gasteiger charge is 2.17. The summed E-state index contributed by atoms with van der Waals surface area (Å²) in [5.74, 6) is 0.113. The van der Waals surface area contributed by atoms with Crippen LogP contribution in [0, 0.1) is 13.8 Å². The number of aromatic nitrogens is 4. The van der Waals surface area contributed by atoms with Crippen molar-refractivity contribution in [3.05, 3.63) is 45.4 Å². The second kappa shape index (κ2) is 7.11. The molecule has 2 aromatic heterocycles. The van der Waals surface area contributed by atoms with Crippen LogP contribution in [0.2, 0.25) is 0 Å². The topological polar surface area (TPSA) is 104 Å². The van der Waals surface area contributed by atoms with Crippen LogP contribution in [-0.4, -0.2) is 25.0 Å². The van der Waals surface area contributed by atoms with E-state index >= 15 is 0 Å². The van der Waals surface area contributed by atoms with Gasteiger partial charge in [0.2, 0.25) is 17.8 Å². The molecule has 3 rings (SSSR count). The molecule has 0 radical (unpaired) electrons. The highest BCUT2D eigenvalue weighted by molar-refractivity contribution is 5.82. The van der Waals surface area contributed by atoms with Crippen LogP contribution in [-0.2, 0) is 0 Å². The Morgan fingerprint density at radius 2 is 2.00 bits per heavy atom. The molecule has 0 aliphatic rings. The molecule has 3 aromatic rings. The van der Waals surface area contributed by atoms with E-state index < -0.39 is 0 Å². The van der Waals surface area contributed by atoms with Crippen molar-refractivity contribution in [2.24, 2.45) is 0 Å². The SMILES string of the molecule is CCC[C@@H](C)c1c(O)nc(Nc2nc(C)c3ccc(C)cc3n2)[nH]c1=O. The van der Waals surface area contributed by atoms with Gasteiger partial charge in [0, 0.05) is 5.39 Å². The van der Waals surface area contributed by atoms with Crippen LogP contribution in [0.4, 0.5) is 11.9 Å². The smallest absolute Gasteiger partial charge is 0.259 e. The third-order valence-electron chi connectivity index (χ3n) is 4.42. The number of hydrogen-bond acceptors (Lipinski definition) is 6. The van der Waals surface area contributed by atoms with Crippen LogP contribution < -0.4 is 10.9 Å². The third-order valence-corrected chi connectivity index (χ3v) is 4.42. The maximum Gasteiger partial charge on any atom is 0.259 e. The van der Waals surface area contributed by atoms with E-state index in [9.17, 15) is 9.90 Å². The number of fused-ring (bicyclic) bond motifs is 1. The first-order valence-electron chi connectivity index (χ1n) is 8.74. The molecule has 0 fully saturated rings. The molecule has 0 aliphatic heterocycles. The van der Waals surface area contributed by atoms with Crippen LogP contribution in [0.5, 0.6) is 5.88 Å². The summed E-state index contributed by atoms with van der Waals surface area (Å²) in [6.07, 6.45) is 1.72.